The molecule has 1 N–H and O–H groups in total. The van der Waals surface area contributed by atoms with Crippen LogP contribution in [0.4, 0.5) is 0 Å². The Bertz CT molecular complexity index is 1020. The molecule has 0 aromatic heterocycles. The fraction of sp³-hybridized carbons (Fsp3) is 0.130. The summed E-state index contributed by atoms with van der Waals surface area (Å²) in [5.74, 6) is 0.825. The fourth-order valence-corrected chi connectivity index (χ4v) is 3.14. The first-order chi connectivity index (χ1) is 14.6. The van der Waals surface area contributed by atoms with Crippen LogP contribution in [0.1, 0.15) is 28.4 Å². The van der Waals surface area contributed by atoms with Gasteiger partial charge in [0.1, 0.15) is 6.61 Å². The summed E-state index contributed by atoms with van der Waals surface area (Å²) >= 11 is 12.4. The van der Waals surface area contributed by atoms with E-state index in [-0.39, 0.29) is 12.5 Å². The fourth-order valence-electron chi connectivity index (χ4n) is 2.63. The molecule has 3 rings (SSSR count). The van der Waals surface area contributed by atoms with Gasteiger partial charge in [0, 0.05) is 21.2 Å². The highest BCUT2D eigenvalue weighted by Gasteiger charge is 2.10. The van der Waals surface area contributed by atoms with Gasteiger partial charge < -0.3 is 9.47 Å². The van der Waals surface area contributed by atoms with Crippen LogP contribution >= 0.6 is 23.2 Å². The summed E-state index contributed by atoms with van der Waals surface area (Å²) in [6.07, 6.45) is 1.54. The molecule has 0 radical (unpaired) electrons. The second-order valence-electron chi connectivity index (χ2n) is 6.19. The van der Waals surface area contributed by atoms with Crippen molar-refractivity contribution >= 4 is 35.3 Å². The number of benzene rings is 3. The van der Waals surface area contributed by atoms with Crippen LogP contribution in [0.2, 0.25) is 10.0 Å². The SMILES string of the molecule is CCOc1cc(/C=N\NC(=O)c2ccccc2)ccc1OCc1c(Cl)cccc1Cl. The van der Waals surface area contributed by atoms with E-state index in [0.29, 0.717) is 39.3 Å². The summed E-state index contributed by atoms with van der Waals surface area (Å²) in [7, 11) is 0. The van der Waals surface area contributed by atoms with Gasteiger partial charge in [0.25, 0.3) is 5.91 Å². The Morgan fingerprint density at radius 3 is 2.40 bits per heavy atom. The molecule has 154 valence electrons. The van der Waals surface area contributed by atoms with Crippen molar-refractivity contribution in [2.45, 2.75) is 13.5 Å². The number of carbonyl (C=O) groups excluding carboxylic acids is 1. The molecule has 0 heterocycles. The van der Waals surface area contributed by atoms with Crippen molar-refractivity contribution < 1.29 is 14.3 Å². The van der Waals surface area contributed by atoms with E-state index >= 15 is 0 Å². The zero-order valence-corrected chi connectivity index (χ0v) is 17.8. The second kappa shape index (κ2) is 10.7. The minimum Gasteiger partial charge on any atom is -0.490 e. The molecule has 0 aliphatic heterocycles. The second-order valence-corrected chi connectivity index (χ2v) is 7.01. The number of halogens is 2. The van der Waals surface area contributed by atoms with Crippen molar-refractivity contribution in [3.8, 4) is 11.5 Å². The molecule has 1 amide bonds. The predicted octanol–water partition coefficient (Wildman–Crippen LogP) is 5.74. The zero-order valence-electron chi connectivity index (χ0n) is 16.3. The number of carbonyl (C=O) groups is 1. The van der Waals surface area contributed by atoms with E-state index in [2.05, 4.69) is 10.5 Å². The summed E-state index contributed by atoms with van der Waals surface area (Å²) in [6.45, 7) is 2.56. The summed E-state index contributed by atoms with van der Waals surface area (Å²) in [5, 5.41) is 5.09. The monoisotopic (exact) mass is 442 g/mol. The maximum atomic E-state index is 12.0. The maximum absolute atomic E-state index is 12.0. The van der Waals surface area contributed by atoms with Gasteiger partial charge in [0.05, 0.1) is 12.8 Å². The minimum absolute atomic E-state index is 0.207. The average molecular weight is 443 g/mol. The number of amides is 1. The first kappa shape index (κ1) is 21.7. The molecular formula is C23H20Cl2N2O3. The Hall–Kier alpha value is -3.02. The number of nitrogens with one attached hydrogen (secondary N) is 1. The van der Waals surface area contributed by atoms with Crippen molar-refractivity contribution in [1.29, 1.82) is 0 Å². The van der Waals surface area contributed by atoms with E-state index in [1.54, 1.807) is 54.6 Å². The van der Waals surface area contributed by atoms with Gasteiger partial charge in [-0.25, -0.2) is 5.43 Å². The summed E-state index contributed by atoms with van der Waals surface area (Å²) < 4.78 is 11.6. The standard InChI is InChI=1S/C23H20Cl2N2O3/c1-2-29-22-13-16(14-26-27-23(28)17-7-4-3-5-8-17)11-12-21(22)30-15-18-19(24)9-6-10-20(18)25/h3-14H,2,15H2,1H3,(H,27,28)/b26-14-. The molecule has 0 aliphatic rings. The lowest BCUT2D eigenvalue weighted by atomic mass is 10.2. The molecule has 0 aliphatic carbocycles. The molecule has 0 fully saturated rings. The molecule has 0 unspecified atom stereocenters. The van der Waals surface area contributed by atoms with E-state index in [9.17, 15) is 4.79 Å². The molecular weight excluding hydrogens is 423 g/mol. The average Bonchev–Trinajstić information content (AvgIpc) is 2.75. The van der Waals surface area contributed by atoms with Crippen molar-refractivity contribution in [2.75, 3.05) is 6.61 Å². The third-order valence-electron chi connectivity index (χ3n) is 4.12. The smallest absolute Gasteiger partial charge is 0.271 e. The Labute approximate surface area is 185 Å². The van der Waals surface area contributed by atoms with Crippen molar-refractivity contribution in [1.82, 2.24) is 5.43 Å². The lowest BCUT2D eigenvalue weighted by molar-refractivity contribution is 0.0955. The first-order valence-electron chi connectivity index (χ1n) is 9.29. The van der Waals surface area contributed by atoms with Crippen LogP contribution in [0, 0.1) is 0 Å². The number of ether oxygens (including phenoxy) is 2. The number of hydrazone groups is 1. The lowest BCUT2D eigenvalue weighted by Gasteiger charge is -2.14. The summed E-state index contributed by atoms with van der Waals surface area (Å²) in [5.41, 5.74) is 4.49. The molecule has 0 atom stereocenters. The molecule has 0 bridgehead atoms. The Balaban J connectivity index is 1.69. The van der Waals surface area contributed by atoms with Crippen LogP contribution in [0.5, 0.6) is 11.5 Å². The number of hydrogen-bond donors (Lipinski definition) is 1. The van der Waals surface area contributed by atoms with Crippen LogP contribution in [0.15, 0.2) is 71.8 Å². The zero-order chi connectivity index (χ0) is 21.3. The summed E-state index contributed by atoms with van der Waals surface area (Å²) in [4.78, 5) is 12.0. The Morgan fingerprint density at radius 2 is 1.70 bits per heavy atom. The van der Waals surface area contributed by atoms with Crippen LogP contribution in [0.25, 0.3) is 0 Å². The van der Waals surface area contributed by atoms with Gasteiger partial charge in [-0.3, -0.25) is 4.79 Å². The Morgan fingerprint density at radius 1 is 0.967 bits per heavy atom. The van der Waals surface area contributed by atoms with Crippen LogP contribution in [-0.4, -0.2) is 18.7 Å². The highest BCUT2D eigenvalue weighted by atomic mass is 35.5. The normalized spacial score (nSPS) is 10.8. The van der Waals surface area contributed by atoms with Gasteiger partial charge in [0.2, 0.25) is 0 Å². The van der Waals surface area contributed by atoms with Crippen molar-refractivity contribution in [2.24, 2.45) is 5.10 Å². The van der Waals surface area contributed by atoms with Gasteiger partial charge in [0.15, 0.2) is 11.5 Å². The van der Waals surface area contributed by atoms with Crippen molar-refractivity contribution in [3.63, 3.8) is 0 Å². The van der Waals surface area contributed by atoms with E-state index in [1.165, 1.54) is 6.21 Å². The molecule has 0 spiro atoms. The van der Waals surface area contributed by atoms with Crippen molar-refractivity contribution in [3.05, 3.63) is 93.5 Å². The predicted molar refractivity (Wildman–Crippen MR) is 120 cm³/mol. The highest BCUT2D eigenvalue weighted by Crippen LogP contribution is 2.31. The number of nitrogens with zero attached hydrogens (tertiary/aromatic N) is 1. The summed E-state index contributed by atoms with van der Waals surface area (Å²) in [6, 6.07) is 19.5. The topological polar surface area (TPSA) is 59.9 Å². The Kier molecular flexibility index (Phi) is 7.71. The number of hydrogen-bond acceptors (Lipinski definition) is 4. The quantitative estimate of drug-likeness (QED) is 0.357. The highest BCUT2D eigenvalue weighted by molar-refractivity contribution is 6.35. The molecule has 7 heteroatoms. The van der Waals surface area contributed by atoms with Gasteiger partial charge in [-0.15, -0.1) is 0 Å². The third-order valence-corrected chi connectivity index (χ3v) is 4.83. The van der Waals surface area contributed by atoms with Gasteiger partial charge in [-0.05, 0) is 55.0 Å². The van der Waals surface area contributed by atoms with Gasteiger partial charge in [-0.1, -0.05) is 47.5 Å². The molecule has 3 aromatic rings. The molecule has 0 saturated carbocycles. The number of rotatable bonds is 8. The third kappa shape index (κ3) is 5.75. The van der Waals surface area contributed by atoms with Gasteiger partial charge >= 0.3 is 0 Å². The van der Waals surface area contributed by atoms with Crippen LogP contribution < -0.4 is 14.9 Å². The maximum Gasteiger partial charge on any atom is 0.271 e. The first-order valence-corrected chi connectivity index (χ1v) is 10.0. The molecule has 0 saturated heterocycles. The van der Waals surface area contributed by atoms with Gasteiger partial charge in [-0.2, -0.15) is 5.10 Å². The molecule has 3 aromatic carbocycles. The van der Waals surface area contributed by atoms with Crippen LogP contribution in [0.3, 0.4) is 0 Å². The van der Waals surface area contributed by atoms with E-state index in [1.807, 2.05) is 19.1 Å². The molecule has 5 nitrogen and oxygen atoms in total. The van der Waals surface area contributed by atoms with E-state index in [0.717, 1.165) is 5.56 Å². The van der Waals surface area contributed by atoms with E-state index < -0.39 is 0 Å². The minimum atomic E-state index is -0.284. The largest absolute Gasteiger partial charge is 0.490 e. The molecule has 30 heavy (non-hydrogen) atoms. The van der Waals surface area contributed by atoms with E-state index in [4.69, 9.17) is 32.7 Å². The van der Waals surface area contributed by atoms with Crippen LogP contribution in [-0.2, 0) is 6.61 Å². The lowest BCUT2D eigenvalue weighted by Crippen LogP contribution is -2.17.